The van der Waals surface area contributed by atoms with Gasteiger partial charge < -0.3 is 10.2 Å². The van der Waals surface area contributed by atoms with Gasteiger partial charge in [-0.3, -0.25) is 9.59 Å². The number of hydrogen-bond donors (Lipinski definition) is 1. The normalized spacial score (nSPS) is 18.9. The smallest absolute Gasteiger partial charge is 0.255 e. The summed E-state index contributed by atoms with van der Waals surface area (Å²) in [5, 5.41) is 2.90. The molecule has 0 saturated carbocycles. The fourth-order valence-electron chi connectivity index (χ4n) is 4.77. The van der Waals surface area contributed by atoms with Crippen molar-refractivity contribution in [1.29, 1.82) is 0 Å². The molecule has 1 saturated heterocycles. The first-order valence-electron chi connectivity index (χ1n) is 11.8. The van der Waals surface area contributed by atoms with E-state index in [4.69, 9.17) is 0 Å². The average molecular weight is 488 g/mol. The number of amides is 2. The largest absolute Gasteiger partial charge is 0.322 e. The number of halogens is 1. The van der Waals surface area contributed by atoms with Gasteiger partial charge in [-0.2, -0.15) is 0 Å². The van der Waals surface area contributed by atoms with Crippen molar-refractivity contribution in [3.8, 4) is 0 Å². The van der Waals surface area contributed by atoms with Gasteiger partial charge >= 0.3 is 0 Å². The average Bonchev–Trinajstić information content (AvgIpc) is 2.84. The Labute approximate surface area is 200 Å². The van der Waals surface area contributed by atoms with Crippen LogP contribution in [0.2, 0.25) is 0 Å². The summed E-state index contributed by atoms with van der Waals surface area (Å²) in [4.78, 5) is 27.9. The number of carbonyl (C=O) groups is 2. The van der Waals surface area contributed by atoms with E-state index in [2.05, 4.69) is 5.32 Å². The predicted octanol–water partition coefficient (Wildman–Crippen LogP) is 3.81. The molecular weight excluding hydrogens is 457 g/mol. The van der Waals surface area contributed by atoms with Crippen molar-refractivity contribution in [3.63, 3.8) is 0 Å². The van der Waals surface area contributed by atoms with E-state index in [0.29, 0.717) is 50.0 Å². The van der Waals surface area contributed by atoms with Crippen LogP contribution in [0.1, 0.15) is 48.5 Å². The summed E-state index contributed by atoms with van der Waals surface area (Å²) in [5.74, 6) is -1.12. The molecule has 0 radical (unpaired) electrons. The van der Waals surface area contributed by atoms with E-state index < -0.39 is 15.8 Å². The highest BCUT2D eigenvalue weighted by molar-refractivity contribution is 7.89. The fraction of sp³-hybridized carbons (Fsp3) is 0.440. The summed E-state index contributed by atoms with van der Waals surface area (Å²) in [7, 11) is -3.35. The highest BCUT2D eigenvalue weighted by atomic mass is 32.2. The second-order valence-corrected chi connectivity index (χ2v) is 11.0. The zero-order valence-electron chi connectivity index (χ0n) is 19.3. The topological polar surface area (TPSA) is 86.8 Å². The van der Waals surface area contributed by atoms with Crippen molar-refractivity contribution in [2.24, 2.45) is 5.92 Å². The van der Waals surface area contributed by atoms with E-state index in [1.165, 1.54) is 28.6 Å². The minimum absolute atomic E-state index is 0.0700. The second kappa shape index (κ2) is 10.2. The Hall–Kier alpha value is -2.78. The van der Waals surface area contributed by atoms with E-state index in [1.54, 1.807) is 17.0 Å². The molecule has 2 amide bonds. The van der Waals surface area contributed by atoms with E-state index in [-0.39, 0.29) is 30.0 Å². The quantitative estimate of drug-likeness (QED) is 0.671. The maximum atomic E-state index is 13.5. The molecule has 9 heteroatoms. The standard InChI is InChI=1S/C25H30FN3O4S/c1-2-16-34(32,33)28-14-4-6-19(17-28)25(31)29-15-5-7-21-22(8-3-9-23(21)29)27-24(30)18-10-12-20(26)13-11-18/h3,8-13,19H,2,4-7,14-17H2,1H3,(H,27,30). The molecule has 1 fully saturated rings. The Morgan fingerprint density at radius 1 is 1.09 bits per heavy atom. The minimum Gasteiger partial charge on any atom is -0.322 e. The number of fused-ring (bicyclic) bond motifs is 1. The highest BCUT2D eigenvalue weighted by Gasteiger charge is 2.35. The Morgan fingerprint density at radius 2 is 1.85 bits per heavy atom. The van der Waals surface area contributed by atoms with Gasteiger partial charge in [0.25, 0.3) is 5.91 Å². The van der Waals surface area contributed by atoms with Gasteiger partial charge in [0.2, 0.25) is 15.9 Å². The first kappa shape index (κ1) is 24.3. The molecule has 1 atom stereocenters. The third kappa shape index (κ3) is 5.15. The van der Waals surface area contributed by atoms with Gasteiger partial charge in [-0.1, -0.05) is 13.0 Å². The van der Waals surface area contributed by atoms with E-state index >= 15 is 0 Å². The molecule has 0 bridgehead atoms. The maximum absolute atomic E-state index is 13.5. The molecule has 182 valence electrons. The Bertz CT molecular complexity index is 1170. The third-order valence-electron chi connectivity index (χ3n) is 6.46. The van der Waals surface area contributed by atoms with Crippen molar-refractivity contribution in [3.05, 3.63) is 59.4 Å². The van der Waals surface area contributed by atoms with E-state index in [1.807, 2.05) is 13.0 Å². The molecular formula is C25H30FN3O4S. The molecule has 0 spiro atoms. The number of rotatable bonds is 6. The van der Waals surface area contributed by atoms with Gasteiger partial charge in [-0.15, -0.1) is 0 Å². The monoisotopic (exact) mass is 487 g/mol. The second-order valence-electron chi connectivity index (χ2n) is 8.87. The molecule has 2 aromatic rings. The van der Waals surface area contributed by atoms with Crippen LogP contribution in [0, 0.1) is 11.7 Å². The number of sulfonamides is 1. The highest BCUT2D eigenvalue weighted by Crippen LogP contribution is 2.35. The van der Waals surface area contributed by atoms with Crippen molar-refractivity contribution < 1.29 is 22.4 Å². The number of benzene rings is 2. The molecule has 2 aliphatic rings. The van der Waals surface area contributed by atoms with Crippen molar-refractivity contribution >= 4 is 33.2 Å². The van der Waals surface area contributed by atoms with Gasteiger partial charge in [-0.05, 0) is 74.1 Å². The summed E-state index contributed by atoms with van der Waals surface area (Å²) < 4.78 is 39.8. The first-order valence-corrected chi connectivity index (χ1v) is 13.4. The van der Waals surface area contributed by atoms with Crippen LogP contribution in [0.25, 0.3) is 0 Å². The van der Waals surface area contributed by atoms with Gasteiger partial charge in [-0.25, -0.2) is 17.1 Å². The number of hydrogen-bond acceptors (Lipinski definition) is 4. The lowest BCUT2D eigenvalue weighted by Gasteiger charge is -2.37. The van der Waals surface area contributed by atoms with Gasteiger partial charge in [0.15, 0.2) is 0 Å². The van der Waals surface area contributed by atoms with Crippen LogP contribution in [0.3, 0.4) is 0 Å². The number of piperidine rings is 1. The molecule has 1 unspecified atom stereocenters. The molecule has 0 aliphatic carbocycles. The molecule has 34 heavy (non-hydrogen) atoms. The zero-order valence-corrected chi connectivity index (χ0v) is 20.1. The lowest BCUT2D eigenvalue weighted by atomic mass is 9.94. The number of anilines is 2. The van der Waals surface area contributed by atoms with Crippen molar-refractivity contribution in [1.82, 2.24) is 4.31 Å². The molecule has 7 nitrogen and oxygen atoms in total. The van der Waals surface area contributed by atoms with Gasteiger partial charge in [0.05, 0.1) is 11.7 Å². The summed E-state index contributed by atoms with van der Waals surface area (Å²) in [6, 6.07) is 10.8. The number of carbonyl (C=O) groups excluding carboxylic acids is 2. The lowest BCUT2D eigenvalue weighted by Crippen LogP contribution is -2.48. The van der Waals surface area contributed by atoms with Crippen molar-refractivity contribution in [2.75, 3.05) is 35.6 Å². The summed E-state index contributed by atoms with van der Waals surface area (Å²) >= 11 is 0. The van der Waals surface area contributed by atoms with Crippen LogP contribution < -0.4 is 10.2 Å². The maximum Gasteiger partial charge on any atom is 0.255 e. The molecule has 4 rings (SSSR count). The van der Waals surface area contributed by atoms with Crippen LogP contribution in [0.15, 0.2) is 42.5 Å². The van der Waals surface area contributed by atoms with Crippen LogP contribution in [-0.4, -0.2) is 49.9 Å². The number of nitrogens with one attached hydrogen (secondary N) is 1. The van der Waals surface area contributed by atoms with Crippen molar-refractivity contribution in [2.45, 2.75) is 39.0 Å². The number of nitrogens with zero attached hydrogens (tertiary/aromatic N) is 2. The zero-order chi connectivity index (χ0) is 24.3. The van der Waals surface area contributed by atoms with Crippen LogP contribution in [0.4, 0.5) is 15.8 Å². The molecule has 0 aromatic heterocycles. The SMILES string of the molecule is CCCS(=O)(=O)N1CCCC(C(=O)N2CCCc3c(NC(=O)c4ccc(F)cc4)cccc32)C1. The Kier molecular flexibility index (Phi) is 7.33. The van der Waals surface area contributed by atoms with Crippen LogP contribution in [0.5, 0.6) is 0 Å². The van der Waals surface area contributed by atoms with Crippen LogP contribution >= 0.6 is 0 Å². The molecule has 2 aliphatic heterocycles. The van der Waals surface area contributed by atoms with Gasteiger partial charge in [0, 0.05) is 36.6 Å². The third-order valence-corrected chi connectivity index (χ3v) is 8.50. The Balaban J connectivity index is 1.53. The fourth-order valence-corrected chi connectivity index (χ4v) is 6.36. The van der Waals surface area contributed by atoms with Crippen LogP contribution in [-0.2, 0) is 21.2 Å². The Morgan fingerprint density at radius 3 is 2.59 bits per heavy atom. The molecule has 2 heterocycles. The van der Waals surface area contributed by atoms with E-state index in [0.717, 1.165) is 17.7 Å². The lowest BCUT2D eigenvalue weighted by molar-refractivity contribution is -0.123. The summed E-state index contributed by atoms with van der Waals surface area (Å²) in [5.41, 5.74) is 2.60. The first-order chi connectivity index (χ1) is 16.3. The summed E-state index contributed by atoms with van der Waals surface area (Å²) in [6.07, 6.45) is 3.31. The predicted molar refractivity (Wildman–Crippen MR) is 130 cm³/mol. The molecule has 1 N–H and O–H groups in total. The van der Waals surface area contributed by atoms with E-state index in [9.17, 15) is 22.4 Å². The minimum atomic E-state index is -3.35. The molecule has 2 aromatic carbocycles. The van der Waals surface area contributed by atoms with Gasteiger partial charge in [0.1, 0.15) is 5.82 Å². The summed E-state index contributed by atoms with van der Waals surface area (Å²) in [6.45, 7) is 3.07.